The van der Waals surface area contributed by atoms with Crippen LogP contribution in [0.1, 0.15) is 21.5 Å². The molecule has 0 aliphatic carbocycles. The summed E-state index contributed by atoms with van der Waals surface area (Å²) in [5, 5.41) is 2.74. The Labute approximate surface area is 121 Å². The van der Waals surface area contributed by atoms with Crippen LogP contribution in [-0.2, 0) is 0 Å². The molecule has 2 rings (SSSR count). The molecule has 0 heterocycles. The third-order valence-corrected chi connectivity index (χ3v) is 2.80. The molecule has 0 saturated heterocycles. The van der Waals surface area contributed by atoms with Crippen molar-refractivity contribution < 1.29 is 18.3 Å². The van der Waals surface area contributed by atoms with Crippen LogP contribution in [-0.4, -0.2) is 12.5 Å². The van der Waals surface area contributed by atoms with Crippen LogP contribution in [0.2, 0.25) is 0 Å². The molecule has 1 amide bonds. The van der Waals surface area contributed by atoms with Gasteiger partial charge in [-0.2, -0.15) is 8.78 Å². The molecule has 3 nitrogen and oxygen atoms in total. The van der Waals surface area contributed by atoms with Crippen LogP contribution in [0.4, 0.5) is 14.5 Å². The summed E-state index contributed by atoms with van der Waals surface area (Å²) in [4.78, 5) is 12.1. The highest BCUT2D eigenvalue weighted by Gasteiger charge is 2.10. The minimum Gasteiger partial charge on any atom is -0.435 e. The normalized spacial score (nSPS) is 10.5. The molecule has 21 heavy (non-hydrogen) atoms. The second-order valence-electron chi connectivity index (χ2n) is 4.74. The largest absolute Gasteiger partial charge is 0.435 e. The first-order valence-corrected chi connectivity index (χ1v) is 6.38. The average Bonchev–Trinajstić information content (AvgIpc) is 2.36. The Kier molecular flexibility index (Phi) is 4.52. The summed E-state index contributed by atoms with van der Waals surface area (Å²) in [6.07, 6.45) is 0. The summed E-state index contributed by atoms with van der Waals surface area (Å²) in [5.41, 5.74) is 2.98. The van der Waals surface area contributed by atoms with E-state index in [9.17, 15) is 13.6 Å². The molecular weight excluding hydrogens is 276 g/mol. The zero-order chi connectivity index (χ0) is 15.4. The van der Waals surface area contributed by atoms with Gasteiger partial charge in [-0.25, -0.2) is 0 Å². The maximum absolute atomic E-state index is 12.2. The topological polar surface area (TPSA) is 38.3 Å². The Bertz CT molecular complexity index is 636. The molecule has 0 aliphatic heterocycles. The molecule has 0 bridgehead atoms. The average molecular weight is 291 g/mol. The number of anilines is 1. The molecule has 0 saturated carbocycles. The van der Waals surface area contributed by atoms with E-state index in [2.05, 4.69) is 10.1 Å². The van der Waals surface area contributed by atoms with Gasteiger partial charge in [-0.1, -0.05) is 12.1 Å². The highest BCUT2D eigenvalue weighted by Crippen LogP contribution is 2.18. The maximum atomic E-state index is 12.2. The number of rotatable bonds is 4. The summed E-state index contributed by atoms with van der Waals surface area (Å²) in [6, 6.07) is 11.4. The van der Waals surface area contributed by atoms with E-state index in [-0.39, 0.29) is 17.2 Å². The van der Waals surface area contributed by atoms with Crippen LogP contribution in [0.15, 0.2) is 42.5 Å². The van der Waals surface area contributed by atoms with Gasteiger partial charge in [0.1, 0.15) is 5.75 Å². The zero-order valence-electron chi connectivity index (χ0n) is 11.7. The molecule has 5 heteroatoms. The Morgan fingerprint density at radius 2 is 1.76 bits per heavy atom. The fourth-order valence-corrected chi connectivity index (χ4v) is 2.06. The summed E-state index contributed by atoms with van der Waals surface area (Å²) >= 11 is 0. The predicted molar refractivity (Wildman–Crippen MR) is 76.9 cm³/mol. The lowest BCUT2D eigenvalue weighted by molar-refractivity contribution is -0.0498. The molecule has 2 aromatic carbocycles. The number of nitrogens with one attached hydrogen (secondary N) is 1. The van der Waals surface area contributed by atoms with Crippen molar-refractivity contribution in [2.75, 3.05) is 5.32 Å². The summed E-state index contributed by atoms with van der Waals surface area (Å²) < 4.78 is 28.6. The van der Waals surface area contributed by atoms with Crippen LogP contribution in [0.3, 0.4) is 0 Å². The second kappa shape index (κ2) is 6.35. The van der Waals surface area contributed by atoms with Crippen molar-refractivity contribution in [3.05, 3.63) is 59.2 Å². The molecule has 2 aromatic rings. The van der Waals surface area contributed by atoms with Crippen molar-refractivity contribution in [1.29, 1.82) is 0 Å². The van der Waals surface area contributed by atoms with Gasteiger partial charge in [0.05, 0.1) is 0 Å². The lowest BCUT2D eigenvalue weighted by Crippen LogP contribution is -2.12. The molecule has 0 aromatic heterocycles. The summed E-state index contributed by atoms with van der Waals surface area (Å²) in [7, 11) is 0. The Morgan fingerprint density at radius 3 is 2.38 bits per heavy atom. The summed E-state index contributed by atoms with van der Waals surface area (Å²) in [5.74, 6) is -0.419. The summed E-state index contributed by atoms with van der Waals surface area (Å²) in [6.45, 7) is 0.946. The van der Waals surface area contributed by atoms with Gasteiger partial charge in [0.2, 0.25) is 0 Å². The number of halogens is 2. The van der Waals surface area contributed by atoms with E-state index < -0.39 is 6.61 Å². The van der Waals surface area contributed by atoms with Gasteiger partial charge in [0.25, 0.3) is 5.91 Å². The highest BCUT2D eigenvalue weighted by molar-refractivity contribution is 6.04. The molecule has 0 radical (unpaired) electrons. The van der Waals surface area contributed by atoms with Gasteiger partial charge in [-0.3, -0.25) is 4.79 Å². The van der Waals surface area contributed by atoms with Crippen LogP contribution < -0.4 is 10.1 Å². The quantitative estimate of drug-likeness (QED) is 0.918. The molecule has 1 N–H and O–H groups in total. The fourth-order valence-electron chi connectivity index (χ4n) is 2.06. The predicted octanol–water partition coefficient (Wildman–Crippen LogP) is 4.16. The van der Waals surface area contributed by atoms with E-state index in [0.717, 1.165) is 11.1 Å². The van der Waals surface area contributed by atoms with Crippen molar-refractivity contribution in [1.82, 2.24) is 0 Å². The van der Waals surface area contributed by atoms with E-state index in [4.69, 9.17) is 0 Å². The van der Waals surface area contributed by atoms with Gasteiger partial charge in [0.15, 0.2) is 0 Å². The van der Waals surface area contributed by atoms with Gasteiger partial charge >= 0.3 is 6.61 Å². The molecule has 0 atom stereocenters. The van der Waals surface area contributed by atoms with Gasteiger partial charge in [0, 0.05) is 11.3 Å². The van der Waals surface area contributed by atoms with Gasteiger partial charge in [-0.15, -0.1) is 0 Å². The molecule has 0 aliphatic rings. The molecule has 0 unspecified atom stereocenters. The van der Waals surface area contributed by atoms with Crippen molar-refractivity contribution in [3.8, 4) is 5.75 Å². The Balaban J connectivity index is 2.16. The van der Waals surface area contributed by atoms with Gasteiger partial charge in [-0.05, 0) is 55.3 Å². The third-order valence-electron chi connectivity index (χ3n) is 2.80. The minimum absolute atomic E-state index is 0.0435. The number of hydrogen-bond acceptors (Lipinski definition) is 2. The van der Waals surface area contributed by atoms with E-state index in [1.165, 1.54) is 24.3 Å². The Morgan fingerprint density at radius 1 is 1.10 bits per heavy atom. The number of benzene rings is 2. The monoisotopic (exact) mass is 291 g/mol. The fraction of sp³-hybridized carbons (Fsp3) is 0.188. The number of aryl methyl sites for hydroxylation is 2. The maximum Gasteiger partial charge on any atom is 0.387 e. The number of hydrogen-bond donors (Lipinski definition) is 1. The lowest BCUT2D eigenvalue weighted by Gasteiger charge is -2.09. The Hall–Kier alpha value is -2.43. The van der Waals surface area contributed by atoms with E-state index in [0.29, 0.717) is 5.69 Å². The smallest absolute Gasteiger partial charge is 0.387 e. The molecule has 110 valence electrons. The highest BCUT2D eigenvalue weighted by atomic mass is 19.3. The van der Waals surface area contributed by atoms with Crippen LogP contribution in [0.5, 0.6) is 5.75 Å². The third kappa shape index (κ3) is 4.27. The molecular formula is C16H15F2NO2. The van der Waals surface area contributed by atoms with Crippen LogP contribution in [0, 0.1) is 13.8 Å². The minimum atomic E-state index is -2.91. The standard InChI is InChI=1S/C16H15F2NO2/c1-10-6-11(2)8-13(7-10)19-15(20)12-4-3-5-14(9-12)21-16(17)18/h3-9,16H,1-2H3,(H,19,20). The number of carbonyl (C=O) groups is 1. The first-order valence-electron chi connectivity index (χ1n) is 6.38. The second-order valence-corrected chi connectivity index (χ2v) is 4.74. The van der Waals surface area contributed by atoms with E-state index >= 15 is 0 Å². The number of amides is 1. The lowest BCUT2D eigenvalue weighted by atomic mass is 10.1. The number of alkyl halides is 2. The van der Waals surface area contributed by atoms with E-state index in [1.54, 1.807) is 0 Å². The van der Waals surface area contributed by atoms with Crippen molar-refractivity contribution in [2.24, 2.45) is 0 Å². The zero-order valence-corrected chi connectivity index (χ0v) is 11.7. The SMILES string of the molecule is Cc1cc(C)cc(NC(=O)c2cccc(OC(F)F)c2)c1. The van der Waals surface area contributed by atoms with Crippen LogP contribution >= 0.6 is 0 Å². The van der Waals surface area contributed by atoms with Crippen molar-refractivity contribution >= 4 is 11.6 Å². The van der Waals surface area contributed by atoms with E-state index in [1.807, 2.05) is 32.0 Å². The molecule has 0 fully saturated rings. The van der Waals surface area contributed by atoms with Crippen molar-refractivity contribution in [2.45, 2.75) is 20.5 Å². The number of carbonyl (C=O) groups excluding carboxylic acids is 1. The van der Waals surface area contributed by atoms with Crippen LogP contribution in [0.25, 0.3) is 0 Å². The number of ether oxygens (including phenoxy) is 1. The van der Waals surface area contributed by atoms with Gasteiger partial charge < -0.3 is 10.1 Å². The first kappa shape index (κ1) is 15.0. The van der Waals surface area contributed by atoms with Crippen molar-refractivity contribution in [3.63, 3.8) is 0 Å². The first-order chi connectivity index (χ1) is 9.94. The molecule has 0 spiro atoms.